The quantitative estimate of drug-likeness (QED) is 0.573. The molecule has 2 rings (SSSR count). The first-order chi connectivity index (χ1) is 11.2. The zero-order valence-electron chi connectivity index (χ0n) is 12.2. The van der Waals surface area contributed by atoms with Crippen LogP contribution in [0.25, 0.3) is 6.08 Å². The molecule has 128 valence electrons. The van der Waals surface area contributed by atoms with E-state index >= 15 is 0 Å². The number of nitrogens with two attached hydrogens (primary N) is 1. The van der Waals surface area contributed by atoms with Crippen LogP contribution in [0.5, 0.6) is 0 Å². The van der Waals surface area contributed by atoms with Crippen molar-refractivity contribution in [1.82, 2.24) is 0 Å². The van der Waals surface area contributed by atoms with Gasteiger partial charge in [0, 0.05) is 21.1 Å². The van der Waals surface area contributed by atoms with Crippen LogP contribution in [0, 0.1) is 0 Å². The van der Waals surface area contributed by atoms with Crippen LogP contribution in [0.1, 0.15) is 22.6 Å². The van der Waals surface area contributed by atoms with Crippen molar-refractivity contribution in [3.8, 4) is 0 Å². The lowest BCUT2D eigenvalue weighted by atomic mass is 9.97. The first-order valence-corrected chi connectivity index (χ1v) is 8.45. The Kier molecular flexibility index (Phi) is 6.37. The van der Waals surface area contributed by atoms with Crippen molar-refractivity contribution >= 4 is 45.2 Å². The van der Waals surface area contributed by atoms with E-state index in [0.29, 0.717) is 12.1 Å². The number of allylic oxidation sites excluding steroid dienone is 1. The lowest BCUT2D eigenvalue weighted by molar-refractivity contribution is -0.139. The molecular weight excluding hydrogens is 426 g/mol. The van der Waals surface area contributed by atoms with Crippen LogP contribution >= 0.6 is 39.1 Å². The summed E-state index contributed by atoms with van der Waals surface area (Å²) < 4.78 is 41.0. The summed E-state index contributed by atoms with van der Waals surface area (Å²) in [6, 6.07) is 9.13. The third kappa shape index (κ3) is 4.99. The predicted octanol–water partition coefficient (Wildman–Crippen LogP) is 6.57. The molecule has 24 heavy (non-hydrogen) atoms. The maximum atomic E-state index is 13.4. The minimum Gasteiger partial charge on any atom is -0.326 e. The summed E-state index contributed by atoms with van der Waals surface area (Å²) in [5.74, 6) is -1.80. The average molecular weight is 439 g/mol. The largest absolute Gasteiger partial charge is 0.399 e. The van der Waals surface area contributed by atoms with E-state index < -0.39 is 12.1 Å². The zero-order chi connectivity index (χ0) is 17.9. The highest BCUT2D eigenvalue weighted by Gasteiger charge is 2.39. The summed E-state index contributed by atoms with van der Waals surface area (Å²) in [6.45, 7) is 0.344. The Labute approximate surface area is 156 Å². The van der Waals surface area contributed by atoms with Gasteiger partial charge in [-0.15, -0.1) is 0 Å². The molecule has 0 amide bonds. The monoisotopic (exact) mass is 437 g/mol. The molecule has 0 saturated heterocycles. The van der Waals surface area contributed by atoms with Gasteiger partial charge in [0.05, 0.1) is 5.92 Å². The Hall–Kier alpha value is -1.01. The zero-order valence-corrected chi connectivity index (χ0v) is 15.3. The lowest BCUT2D eigenvalue weighted by Crippen LogP contribution is -2.18. The van der Waals surface area contributed by atoms with Gasteiger partial charge in [-0.05, 0) is 41.0 Å². The van der Waals surface area contributed by atoms with Crippen LogP contribution in [-0.4, -0.2) is 6.18 Å². The molecule has 2 aromatic carbocycles. The molecule has 0 radical (unpaired) electrons. The van der Waals surface area contributed by atoms with Crippen molar-refractivity contribution in [3.63, 3.8) is 0 Å². The summed E-state index contributed by atoms with van der Waals surface area (Å²) in [7, 11) is 0. The van der Waals surface area contributed by atoms with Gasteiger partial charge < -0.3 is 5.73 Å². The SMILES string of the molecule is NCc1ccc(/C=C/C(c2cc(Cl)cc(Cl)c2)C(F)(F)F)cc1Br. The van der Waals surface area contributed by atoms with Gasteiger partial charge in [0.25, 0.3) is 0 Å². The highest BCUT2D eigenvalue weighted by atomic mass is 79.9. The fourth-order valence-corrected chi connectivity index (χ4v) is 3.31. The number of rotatable bonds is 4. The van der Waals surface area contributed by atoms with Crippen molar-refractivity contribution in [2.24, 2.45) is 5.73 Å². The van der Waals surface area contributed by atoms with Crippen LogP contribution in [0.4, 0.5) is 13.2 Å². The van der Waals surface area contributed by atoms with Gasteiger partial charge in [-0.1, -0.05) is 63.4 Å². The van der Waals surface area contributed by atoms with E-state index in [0.717, 1.165) is 16.1 Å². The van der Waals surface area contributed by atoms with Crippen molar-refractivity contribution in [1.29, 1.82) is 0 Å². The summed E-state index contributed by atoms with van der Waals surface area (Å²) >= 11 is 15.0. The Morgan fingerprint density at radius 3 is 2.21 bits per heavy atom. The maximum Gasteiger partial charge on any atom is 0.399 e. The van der Waals surface area contributed by atoms with Crippen molar-refractivity contribution in [2.75, 3.05) is 0 Å². The molecule has 0 fully saturated rings. The summed E-state index contributed by atoms with van der Waals surface area (Å²) in [5, 5.41) is 0.324. The molecule has 2 aromatic rings. The molecule has 1 unspecified atom stereocenters. The van der Waals surface area contributed by atoms with Crippen LogP contribution in [0.15, 0.2) is 46.9 Å². The Balaban J connectivity index is 2.38. The second-order valence-electron chi connectivity index (χ2n) is 5.14. The highest BCUT2D eigenvalue weighted by molar-refractivity contribution is 9.10. The first kappa shape index (κ1) is 19.3. The van der Waals surface area contributed by atoms with Crippen molar-refractivity contribution in [3.05, 3.63) is 73.7 Å². The summed E-state index contributed by atoms with van der Waals surface area (Å²) in [4.78, 5) is 0. The highest BCUT2D eigenvalue weighted by Crippen LogP contribution is 2.38. The number of alkyl halides is 3. The van der Waals surface area contributed by atoms with Crippen molar-refractivity contribution < 1.29 is 13.2 Å². The molecule has 0 aromatic heterocycles. The molecule has 0 aliphatic carbocycles. The van der Waals surface area contributed by atoms with E-state index in [1.54, 1.807) is 18.2 Å². The molecule has 0 spiro atoms. The molecule has 1 atom stereocenters. The first-order valence-electron chi connectivity index (χ1n) is 6.90. The van der Waals surface area contributed by atoms with Crippen LogP contribution in [-0.2, 0) is 6.54 Å². The fraction of sp³-hybridized carbons (Fsp3) is 0.176. The summed E-state index contributed by atoms with van der Waals surface area (Å²) in [5.41, 5.74) is 7.06. The van der Waals surface area contributed by atoms with Gasteiger partial charge in [0.1, 0.15) is 0 Å². The van der Waals surface area contributed by atoms with Gasteiger partial charge in [0.2, 0.25) is 0 Å². The van der Waals surface area contributed by atoms with Gasteiger partial charge in [0.15, 0.2) is 0 Å². The number of hydrogen-bond donors (Lipinski definition) is 1. The van der Waals surface area contributed by atoms with E-state index in [2.05, 4.69) is 15.9 Å². The van der Waals surface area contributed by atoms with Crippen LogP contribution < -0.4 is 5.73 Å². The van der Waals surface area contributed by atoms with Crippen LogP contribution in [0.2, 0.25) is 10.0 Å². The molecule has 2 N–H and O–H groups in total. The second kappa shape index (κ2) is 7.91. The van der Waals surface area contributed by atoms with E-state index in [-0.39, 0.29) is 15.6 Å². The number of benzene rings is 2. The summed E-state index contributed by atoms with van der Waals surface area (Å²) in [6.07, 6.45) is -1.96. The molecule has 0 saturated carbocycles. The van der Waals surface area contributed by atoms with E-state index in [4.69, 9.17) is 28.9 Å². The van der Waals surface area contributed by atoms with Gasteiger partial charge in [-0.2, -0.15) is 13.2 Å². The van der Waals surface area contributed by atoms with Gasteiger partial charge in [-0.3, -0.25) is 0 Å². The van der Waals surface area contributed by atoms with E-state index in [1.165, 1.54) is 24.3 Å². The van der Waals surface area contributed by atoms with E-state index in [9.17, 15) is 13.2 Å². The molecular formula is C17H13BrCl2F3N. The van der Waals surface area contributed by atoms with Crippen LogP contribution in [0.3, 0.4) is 0 Å². The predicted molar refractivity (Wildman–Crippen MR) is 96.3 cm³/mol. The lowest BCUT2D eigenvalue weighted by Gasteiger charge is -2.18. The Morgan fingerprint density at radius 1 is 1.08 bits per heavy atom. The molecule has 0 aliphatic rings. The minimum atomic E-state index is -4.46. The minimum absolute atomic E-state index is 0.00565. The molecule has 0 bridgehead atoms. The number of hydrogen-bond acceptors (Lipinski definition) is 1. The molecule has 0 aliphatic heterocycles. The fourth-order valence-electron chi connectivity index (χ4n) is 2.20. The second-order valence-corrected chi connectivity index (χ2v) is 6.86. The Bertz CT molecular complexity index is 740. The molecule has 7 heteroatoms. The Morgan fingerprint density at radius 2 is 1.71 bits per heavy atom. The standard InChI is InChI=1S/C17H13BrCl2F3N/c18-16-5-10(1-3-11(16)9-24)2-4-15(17(21,22)23)12-6-13(19)8-14(20)7-12/h1-8,15H,9,24H2/b4-2+. The average Bonchev–Trinajstić information content (AvgIpc) is 2.45. The van der Waals surface area contributed by atoms with E-state index in [1.807, 2.05) is 0 Å². The van der Waals surface area contributed by atoms with Gasteiger partial charge >= 0.3 is 6.18 Å². The maximum absolute atomic E-state index is 13.4. The normalized spacial score (nSPS) is 13.5. The smallest absolute Gasteiger partial charge is 0.326 e. The van der Waals surface area contributed by atoms with Crippen molar-refractivity contribution in [2.45, 2.75) is 18.6 Å². The number of halogens is 6. The third-order valence-electron chi connectivity index (χ3n) is 3.37. The molecule has 1 nitrogen and oxygen atoms in total. The third-order valence-corrected chi connectivity index (χ3v) is 4.55. The van der Waals surface area contributed by atoms with Gasteiger partial charge in [-0.25, -0.2) is 0 Å². The topological polar surface area (TPSA) is 26.0 Å². The molecule has 0 heterocycles.